The van der Waals surface area contributed by atoms with Gasteiger partial charge in [0.1, 0.15) is 6.61 Å². The number of hydrogen-bond acceptors (Lipinski definition) is 6. The number of aliphatic carboxylic acids is 2. The molecule has 3 N–H and O–H groups in total. The molecule has 2 aromatic rings. The average molecular weight is 430 g/mol. The third-order valence-electron chi connectivity index (χ3n) is 4.74. The Morgan fingerprint density at radius 3 is 2.06 bits per heavy atom. The van der Waals surface area contributed by atoms with E-state index in [2.05, 4.69) is 0 Å². The summed E-state index contributed by atoms with van der Waals surface area (Å²) in [4.78, 5) is 34.6. The van der Waals surface area contributed by atoms with E-state index >= 15 is 0 Å². The number of rotatable bonds is 13. The summed E-state index contributed by atoms with van der Waals surface area (Å²) in [5.74, 6) is -5.09. The van der Waals surface area contributed by atoms with Crippen molar-refractivity contribution in [3.63, 3.8) is 0 Å². The van der Waals surface area contributed by atoms with Crippen LogP contribution in [0.5, 0.6) is 0 Å². The number of carboxylic acids is 2. The molecule has 3 unspecified atom stereocenters. The molecule has 3 atom stereocenters. The van der Waals surface area contributed by atoms with Gasteiger partial charge in [0.25, 0.3) is 0 Å². The molecule has 0 aliphatic carbocycles. The average Bonchev–Trinajstić information content (AvgIpc) is 2.76. The molecule has 0 fully saturated rings. The highest BCUT2D eigenvalue weighted by Gasteiger charge is 2.30. The van der Waals surface area contributed by atoms with E-state index in [1.165, 1.54) is 0 Å². The van der Waals surface area contributed by atoms with Crippen LogP contribution in [0.25, 0.3) is 0 Å². The molecule has 0 aliphatic rings. The van der Waals surface area contributed by atoms with Crippen molar-refractivity contribution in [2.75, 3.05) is 13.2 Å². The highest BCUT2D eigenvalue weighted by Crippen LogP contribution is 2.21. The monoisotopic (exact) mass is 430 g/mol. The standard InChI is InChI=1S/C23H26O8/c24-20(15-31-23(29)17-9-5-2-6-10-17)19(11-18(22(27)28)12-21(25)26)14-30-13-16-7-3-1-4-8-16/h1-10,18-20,24H,11-15H2,(H,25,26)(H,27,28). The lowest BCUT2D eigenvalue weighted by atomic mass is 9.89. The maximum atomic E-state index is 12.1. The molecule has 8 heteroatoms. The van der Waals surface area contributed by atoms with Crippen LogP contribution in [-0.2, 0) is 25.7 Å². The van der Waals surface area contributed by atoms with Crippen molar-refractivity contribution in [2.45, 2.75) is 25.6 Å². The summed E-state index contributed by atoms with van der Waals surface area (Å²) in [5.41, 5.74) is 1.22. The molecule has 0 heterocycles. The molecule has 31 heavy (non-hydrogen) atoms. The van der Waals surface area contributed by atoms with Crippen molar-refractivity contribution in [1.29, 1.82) is 0 Å². The molecule has 0 amide bonds. The van der Waals surface area contributed by atoms with Crippen molar-refractivity contribution in [3.05, 3.63) is 71.8 Å². The van der Waals surface area contributed by atoms with Gasteiger partial charge in [0.05, 0.1) is 37.2 Å². The van der Waals surface area contributed by atoms with Crippen LogP contribution >= 0.6 is 0 Å². The molecule has 0 saturated carbocycles. The third-order valence-corrected chi connectivity index (χ3v) is 4.74. The first-order valence-electron chi connectivity index (χ1n) is 9.83. The summed E-state index contributed by atoms with van der Waals surface area (Å²) < 4.78 is 10.8. The number of aliphatic hydroxyl groups is 1. The van der Waals surface area contributed by atoms with Gasteiger partial charge in [-0.2, -0.15) is 0 Å². The molecule has 2 rings (SSSR count). The number of carboxylic acid groups (broad SMARTS) is 2. The van der Waals surface area contributed by atoms with Crippen LogP contribution in [0.3, 0.4) is 0 Å². The number of aliphatic hydroxyl groups excluding tert-OH is 1. The molecule has 0 radical (unpaired) electrons. The van der Waals surface area contributed by atoms with Gasteiger partial charge in [-0.25, -0.2) is 4.79 Å². The van der Waals surface area contributed by atoms with Crippen LogP contribution in [0.2, 0.25) is 0 Å². The SMILES string of the molecule is O=C(O)CC(CC(COCc1ccccc1)C(O)COC(=O)c1ccccc1)C(=O)O. The predicted molar refractivity (Wildman–Crippen MR) is 110 cm³/mol. The van der Waals surface area contributed by atoms with E-state index in [9.17, 15) is 24.6 Å². The largest absolute Gasteiger partial charge is 0.481 e. The predicted octanol–water partition coefficient (Wildman–Crippen LogP) is 2.60. The van der Waals surface area contributed by atoms with Gasteiger partial charge >= 0.3 is 17.9 Å². The maximum absolute atomic E-state index is 12.1. The van der Waals surface area contributed by atoms with Crippen LogP contribution in [0.4, 0.5) is 0 Å². The van der Waals surface area contributed by atoms with E-state index in [4.69, 9.17) is 14.6 Å². The Labute approximate surface area is 180 Å². The second-order valence-corrected chi connectivity index (χ2v) is 7.16. The fraction of sp³-hybridized carbons (Fsp3) is 0.348. The summed E-state index contributed by atoms with van der Waals surface area (Å²) in [6.45, 7) is -0.153. The first-order chi connectivity index (χ1) is 14.9. The van der Waals surface area contributed by atoms with Gasteiger partial charge in [-0.1, -0.05) is 48.5 Å². The Kier molecular flexibility index (Phi) is 9.67. The fourth-order valence-electron chi connectivity index (χ4n) is 3.04. The number of ether oxygens (including phenoxy) is 2. The van der Waals surface area contributed by atoms with Crippen molar-refractivity contribution in [1.82, 2.24) is 0 Å². The topological polar surface area (TPSA) is 130 Å². The number of hydrogen-bond donors (Lipinski definition) is 3. The van der Waals surface area contributed by atoms with Gasteiger partial charge in [0.15, 0.2) is 0 Å². The Bertz CT molecular complexity index is 837. The molecule has 8 nitrogen and oxygen atoms in total. The Morgan fingerprint density at radius 1 is 0.871 bits per heavy atom. The molecule has 0 bridgehead atoms. The first kappa shape index (κ1) is 24.0. The Hall–Kier alpha value is -3.23. The zero-order chi connectivity index (χ0) is 22.6. The summed E-state index contributed by atoms with van der Waals surface area (Å²) in [5, 5.41) is 28.9. The molecule has 0 spiro atoms. The Morgan fingerprint density at radius 2 is 1.48 bits per heavy atom. The summed E-state index contributed by atoms with van der Waals surface area (Å²) in [6.07, 6.45) is -1.94. The zero-order valence-electron chi connectivity index (χ0n) is 16.9. The molecule has 166 valence electrons. The fourth-order valence-corrected chi connectivity index (χ4v) is 3.04. The van der Waals surface area contributed by atoms with Crippen molar-refractivity contribution < 1.29 is 39.2 Å². The molecular weight excluding hydrogens is 404 g/mol. The molecule has 2 aromatic carbocycles. The van der Waals surface area contributed by atoms with Crippen LogP contribution in [-0.4, -0.2) is 52.5 Å². The second-order valence-electron chi connectivity index (χ2n) is 7.16. The maximum Gasteiger partial charge on any atom is 0.338 e. The van der Waals surface area contributed by atoms with Gasteiger partial charge in [0, 0.05) is 5.92 Å². The quantitative estimate of drug-likeness (QED) is 0.414. The lowest BCUT2D eigenvalue weighted by Crippen LogP contribution is -2.34. The summed E-state index contributed by atoms with van der Waals surface area (Å²) in [6, 6.07) is 17.5. The van der Waals surface area contributed by atoms with Gasteiger partial charge in [-0.3, -0.25) is 9.59 Å². The van der Waals surface area contributed by atoms with E-state index in [0.717, 1.165) is 5.56 Å². The minimum absolute atomic E-state index is 0.0254. The van der Waals surface area contributed by atoms with Crippen LogP contribution in [0.15, 0.2) is 60.7 Å². The minimum atomic E-state index is -1.27. The van der Waals surface area contributed by atoms with E-state index in [1.54, 1.807) is 30.3 Å². The zero-order valence-corrected chi connectivity index (χ0v) is 16.9. The molecular formula is C23H26O8. The molecule has 0 aliphatic heterocycles. The lowest BCUT2D eigenvalue weighted by Gasteiger charge is -2.25. The van der Waals surface area contributed by atoms with Crippen LogP contribution < -0.4 is 0 Å². The van der Waals surface area contributed by atoms with E-state index < -0.39 is 42.3 Å². The second kappa shape index (κ2) is 12.5. The van der Waals surface area contributed by atoms with E-state index in [0.29, 0.717) is 5.56 Å². The molecule has 0 saturated heterocycles. The summed E-state index contributed by atoms with van der Waals surface area (Å²) in [7, 11) is 0. The van der Waals surface area contributed by atoms with Gasteiger partial charge in [0.2, 0.25) is 0 Å². The first-order valence-corrected chi connectivity index (χ1v) is 9.83. The Balaban J connectivity index is 2.00. The van der Waals surface area contributed by atoms with Crippen molar-refractivity contribution in [2.24, 2.45) is 11.8 Å². The van der Waals surface area contributed by atoms with E-state index in [-0.39, 0.29) is 26.2 Å². The van der Waals surface area contributed by atoms with Crippen molar-refractivity contribution >= 4 is 17.9 Å². The normalized spacial score (nSPS) is 13.7. The highest BCUT2D eigenvalue weighted by molar-refractivity contribution is 5.89. The minimum Gasteiger partial charge on any atom is -0.481 e. The van der Waals surface area contributed by atoms with Gasteiger partial charge < -0.3 is 24.8 Å². The smallest absolute Gasteiger partial charge is 0.338 e. The lowest BCUT2D eigenvalue weighted by molar-refractivity contribution is -0.149. The van der Waals surface area contributed by atoms with Crippen LogP contribution in [0.1, 0.15) is 28.8 Å². The van der Waals surface area contributed by atoms with E-state index in [1.807, 2.05) is 30.3 Å². The highest BCUT2D eigenvalue weighted by atomic mass is 16.5. The van der Waals surface area contributed by atoms with Crippen molar-refractivity contribution in [3.8, 4) is 0 Å². The van der Waals surface area contributed by atoms with Gasteiger partial charge in [-0.15, -0.1) is 0 Å². The third kappa shape index (κ3) is 8.57. The van der Waals surface area contributed by atoms with Gasteiger partial charge in [-0.05, 0) is 24.1 Å². The number of benzene rings is 2. The molecule has 0 aromatic heterocycles. The number of carbonyl (C=O) groups excluding carboxylic acids is 1. The number of carbonyl (C=O) groups is 3. The van der Waals surface area contributed by atoms with Crippen LogP contribution in [0, 0.1) is 11.8 Å². The summed E-state index contributed by atoms with van der Waals surface area (Å²) >= 11 is 0. The number of esters is 1.